The van der Waals surface area contributed by atoms with Gasteiger partial charge in [-0.1, -0.05) is 41.9 Å². The van der Waals surface area contributed by atoms with Crippen molar-refractivity contribution in [2.24, 2.45) is 0 Å². The number of ether oxygens (including phenoxy) is 1. The molecule has 0 amide bonds. The van der Waals surface area contributed by atoms with Crippen molar-refractivity contribution in [1.82, 2.24) is 0 Å². The van der Waals surface area contributed by atoms with Crippen LogP contribution in [0.15, 0.2) is 54.1 Å². The molecule has 2 aromatic rings. The summed E-state index contributed by atoms with van der Waals surface area (Å²) in [6.45, 7) is 0.0414. The van der Waals surface area contributed by atoms with E-state index < -0.39 is 10.9 Å². The fraction of sp³-hybridized carbons (Fsp3) is 0.0588. The minimum Gasteiger partial charge on any atom is -0.457 e. The molecule has 0 fully saturated rings. The maximum Gasteiger partial charge on any atom is 0.349 e. The Balaban J connectivity index is 2.14. The van der Waals surface area contributed by atoms with Gasteiger partial charge in [-0.05, 0) is 29.3 Å². The van der Waals surface area contributed by atoms with E-state index in [1.807, 2.05) is 18.2 Å². The summed E-state index contributed by atoms with van der Waals surface area (Å²) in [5.74, 6) is -0.782. The third-order valence-corrected chi connectivity index (χ3v) is 3.34. The first kappa shape index (κ1) is 17.2. The predicted octanol–water partition coefficient (Wildman–Crippen LogP) is 3.90. The lowest BCUT2D eigenvalue weighted by molar-refractivity contribution is -0.384. The zero-order valence-corrected chi connectivity index (χ0v) is 13.1. The quantitative estimate of drug-likeness (QED) is 0.270. The number of halogens is 1. The lowest BCUT2D eigenvalue weighted by Crippen LogP contribution is -2.06. The lowest BCUT2D eigenvalue weighted by Gasteiger charge is -2.04. The molecule has 0 spiro atoms. The molecule has 0 atom stereocenters. The highest BCUT2D eigenvalue weighted by atomic mass is 35.5. The van der Waals surface area contributed by atoms with E-state index in [0.29, 0.717) is 5.56 Å². The van der Waals surface area contributed by atoms with E-state index in [-0.39, 0.29) is 22.9 Å². The molecule has 0 N–H and O–H groups in total. The van der Waals surface area contributed by atoms with Crippen molar-refractivity contribution in [1.29, 1.82) is 5.26 Å². The molecule has 0 unspecified atom stereocenters. The fourth-order valence-electron chi connectivity index (χ4n) is 1.87. The third-order valence-electron chi connectivity index (χ3n) is 3.03. The summed E-state index contributed by atoms with van der Waals surface area (Å²) < 4.78 is 5.07. The number of nitrogens with zero attached hydrogens (tertiary/aromatic N) is 2. The molecular formula is C17H11ClN2O4. The van der Waals surface area contributed by atoms with E-state index in [0.717, 1.165) is 5.56 Å². The minimum atomic E-state index is -0.782. The number of nitro groups is 1. The molecule has 0 bridgehead atoms. The molecule has 0 aliphatic heterocycles. The van der Waals surface area contributed by atoms with Gasteiger partial charge in [-0.3, -0.25) is 10.1 Å². The van der Waals surface area contributed by atoms with Gasteiger partial charge in [0.05, 0.1) is 4.92 Å². The van der Waals surface area contributed by atoms with Crippen LogP contribution in [0.4, 0.5) is 5.69 Å². The Bertz CT molecular complexity index is 841. The summed E-state index contributed by atoms with van der Waals surface area (Å²) in [5, 5.41) is 19.7. The molecule has 0 aliphatic rings. The number of benzene rings is 2. The first-order valence-corrected chi connectivity index (χ1v) is 7.16. The average molecular weight is 343 g/mol. The van der Waals surface area contributed by atoms with Crippen molar-refractivity contribution < 1.29 is 14.5 Å². The number of nitriles is 1. The summed E-state index contributed by atoms with van der Waals surface area (Å²) in [6.07, 6.45) is 1.27. The summed E-state index contributed by atoms with van der Waals surface area (Å²) >= 11 is 5.80. The Morgan fingerprint density at radius 2 is 2.00 bits per heavy atom. The molecule has 0 radical (unpaired) electrons. The number of hydrogen-bond donors (Lipinski definition) is 0. The topological polar surface area (TPSA) is 93.2 Å². The highest BCUT2D eigenvalue weighted by Gasteiger charge is 2.14. The second-order valence-corrected chi connectivity index (χ2v) is 5.11. The van der Waals surface area contributed by atoms with E-state index in [1.165, 1.54) is 24.3 Å². The second kappa shape index (κ2) is 7.90. The summed E-state index contributed by atoms with van der Waals surface area (Å²) in [7, 11) is 0. The Labute approximate surface area is 142 Å². The number of rotatable bonds is 5. The summed E-state index contributed by atoms with van der Waals surface area (Å²) in [6, 6.07) is 14.7. The molecule has 6 nitrogen and oxygen atoms in total. The average Bonchev–Trinajstić information content (AvgIpc) is 2.58. The van der Waals surface area contributed by atoms with Gasteiger partial charge in [0.1, 0.15) is 23.3 Å². The van der Waals surface area contributed by atoms with Gasteiger partial charge in [0, 0.05) is 6.07 Å². The van der Waals surface area contributed by atoms with Crippen molar-refractivity contribution in [2.45, 2.75) is 6.61 Å². The van der Waals surface area contributed by atoms with Crippen LogP contribution in [0.3, 0.4) is 0 Å². The standard InChI is InChI=1S/C17H11ClN2O4/c18-15-9-13(6-7-16(15)20(22)23)8-14(10-19)17(21)24-11-12-4-2-1-3-5-12/h1-9H,11H2. The number of nitro benzene ring substituents is 1. The Hall–Kier alpha value is -3.17. The smallest absolute Gasteiger partial charge is 0.349 e. The van der Waals surface area contributed by atoms with Gasteiger partial charge >= 0.3 is 5.97 Å². The zero-order valence-electron chi connectivity index (χ0n) is 12.3. The molecule has 0 aliphatic carbocycles. The molecule has 2 rings (SSSR count). The Kier molecular flexibility index (Phi) is 5.66. The molecule has 120 valence electrons. The van der Waals surface area contributed by atoms with Crippen molar-refractivity contribution >= 4 is 29.3 Å². The first-order valence-electron chi connectivity index (χ1n) is 6.78. The largest absolute Gasteiger partial charge is 0.457 e. The number of carbonyl (C=O) groups excluding carboxylic acids is 1. The maximum absolute atomic E-state index is 12.0. The van der Waals surface area contributed by atoms with Crippen LogP contribution in [0.1, 0.15) is 11.1 Å². The zero-order chi connectivity index (χ0) is 17.5. The Morgan fingerprint density at radius 1 is 1.29 bits per heavy atom. The van der Waals surface area contributed by atoms with E-state index in [2.05, 4.69) is 0 Å². The van der Waals surface area contributed by atoms with E-state index in [1.54, 1.807) is 18.2 Å². The van der Waals surface area contributed by atoms with Crippen molar-refractivity contribution in [3.63, 3.8) is 0 Å². The van der Waals surface area contributed by atoms with Gasteiger partial charge < -0.3 is 4.74 Å². The van der Waals surface area contributed by atoms with Crippen LogP contribution in [0.2, 0.25) is 5.02 Å². The summed E-state index contributed by atoms with van der Waals surface area (Å²) in [4.78, 5) is 22.1. The van der Waals surface area contributed by atoms with Crippen molar-refractivity contribution in [3.8, 4) is 6.07 Å². The molecule has 0 heterocycles. The van der Waals surface area contributed by atoms with Gasteiger partial charge in [0.25, 0.3) is 5.69 Å². The number of hydrogen-bond acceptors (Lipinski definition) is 5. The highest BCUT2D eigenvalue weighted by Crippen LogP contribution is 2.26. The van der Waals surface area contributed by atoms with Gasteiger partial charge in [0.2, 0.25) is 0 Å². The van der Waals surface area contributed by atoms with Gasteiger partial charge in [0.15, 0.2) is 0 Å². The molecule has 24 heavy (non-hydrogen) atoms. The van der Waals surface area contributed by atoms with Crippen molar-refractivity contribution in [3.05, 3.63) is 80.4 Å². The van der Waals surface area contributed by atoms with E-state index in [9.17, 15) is 14.9 Å². The molecule has 0 aromatic heterocycles. The predicted molar refractivity (Wildman–Crippen MR) is 87.9 cm³/mol. The number of carbonyl (C=O) groups is 1. The SMILES string of the molecule is N#CC(=Cc1ccc([N+](=O)[O-])c(Cl)c1)C(=O)OCc1ccccc1. The third kappa shape index (κ3) is 4.41. The molecule has 0 saturated carbocycles. The van der Waals surface area contributed by atoms with Gasteiger partial charge in [-0.25, -0.2) is 4.79 Å². The number of esters is 1. The minimum absolute atomic E-state index is 0.0414. The van der Waals surface area contributed by atoms with Crippen LogP contribution in [0.5, 0.6) is 0 Å². The van der Waals surface area contributed by atoms with Gasteiger partial charge in [-0.15, -0.1) is 0 Å². The van der Waals surface area contributed by atoms with E-state index in [4.69, 9.17) is 21.6 Å². The van der Waals surface area contributed by atoms with Crippen LogP contribution in [0, 0.1) is 21.4 Å². The molecule has 2 aromatic carbocycles. The maximum atomic E-state index is 12.0. The first-order chi connectivity index (χ1) is 11.5. The van der Waals surface area contributed by atoms with Crippen LogP contribution in [0.25, 0.3) is 6.08 Å². The van der Waals surface area contributed by atoms with Crippen LogP contribution in [-0.4, -0.2) is 10.9 Å². The van der Waals surface area contributed by atoms with E-state index >= 15 is 0 Å². The lowest BCUT2D eigenvalue weighted by atomic mass is 10.1. The van der Waals surface area contributed by atoms with Crippen LogP contribution >= 0.6 is 11.6 Å². The van der Waals surface area contributed by atoms with Crippen LogP contribution in [-0.2, 0) is 16.1 Å². The monoisotopic (exact) mass is 342 g/mol. The summed E-state index contributed by atoms with van der Waals surface area (Å²) in [5.41, 5.74) is 0.704. The Morgan fingerprint density at radius 3 is 2.58 bits per heavy atom. The van der Waals surface area contributed by atoms with Gasteiger partial charge in [-0.2, -0.15) is 5.26 Å². The molecule has 7 heteroatoms. The molecular weight excluding hydrogens is 332 g/mol. The highest BCUT2D eigenvalue weighted by molar-refractivity contribution is 6.32. The fourth-order valence-corrected chi connectivity index (χ4v) is 2.12. The second-order valence-electron chi connectivity index (χ2n) is 4.70. The molecule has 0 saturated heterocycles. The van der Waals surface area contributed by atoms with Crippen molar-refractivity contribution in [2.75, 3.05) is 0 Å². The normalized spacial score (nSPS) is 10.8. The van der Waals surface area contributed by atoms with Crippen LogP contribution < -0.4 is 0 Å².